The molecule has 2 rings (SSSR count). The number of sulfonamides is 1. The average molecular weight is 413 g/mol. The van der Waals surface area contributed by atoms with Gasteiger partial charge in [-0.1, -0.05) is 12.1 Å². The number of para-hydroxylation sites is 2. The molecule has 1 heterocycles. The van der Waals surface area contributed by atoms with Crippen molar-refractivity contribution < 1.29 is 22.4 Å². The Hall–Kier alpha value is -2.13. The molecule has 1 N–H and O–H groups in total. The van der Waals surface area contributed by atoms with Gasteiger partial charge in [-0.15, -0.1) is 0 Å². The Morgan fingerprint density at radius 1 is 1.26 bits per heavy atom. The molecule has 0 aliphatic rings. The van der Waals surface area contributed by atoms with Gasteiger partial charge in [-0.2, -0.15) is 11.8 Å². The summed E-state index contributed by atoms with van der Waals surface area (Å²) < 4.78 is 36.2. The SMILES string of the molecule is CCOc1ccccc1N(CC(=O)NCCSCc1ccco1)S(C)(=O)=O. The minimum absolute atomic E-state index is 0.300. The van der Waals surface area contributed by atoms with E-state index in [0.29, 0.717) is 30.3 Å². The molecule has 0 radical (unpaired) electrons. The summed E-state index contributed by atoms with van der Waals surface area (Å²) in [4.78, 5) is 12.2. The number of nitrogens with zero attached hydrogens (tertiary/aromatic N) is 1. The van der Waals surface area contributed by atoms with Crippen molar-refractivity contribution in [2.75, 3.05) is 36.0 Å². The average Bonchev–Trinajstić information content (AvgIpc) is 3.13. The molecule has 27 heavy (non-hydrogen) atoms. The van der Waals surface area contributed by atoms with E-state index in [4.69, 9.17) is 9.15 Å². The van der Waals surface area contributed by atoms with Gasteiger partial charge in [-0.25, -0.2) is 8.42 Å². The van der Waals surface area contributed by atoms with E-state index in [1.807, 2.05) is 19.1 Å². The van der Waals surface area contributed by atoms with Crippen molar-refractivity contribution in [1.29, 1.82) is 0 Å². The van der Waals surface area contributed by atoms with E-state index < -0.39 is 10.0 Å². The summed E-state index contributed by atoms with van der Waals surface area (Å²) in [6, 6.07) is 10.5. The monoisotopic (exact) mass is 412 g/mol. The number of hydrogen-bond donors (Lipinski definition) is 1. The number of benzene rings is 1. The second-order valence-electron chi connectivity index (χ2n) is 5.65. The fourth-order valence-electron chi connectivity index (χ4n) is 2.34. The third-order valence-electron chi connectivity index (χ3n) is 3.51. The first-order valence-corrected chi connectivity index (χ1v) is 11.5. The molecule has 0 aliphatic carbocycles. The van der Waals surface area contributed by atoms with Crippen LogP contribution in [0.1, 0.15) is 12.7 Å². The van der Waals surface area contributed by atoms with Gasteiger partial charge in [0.1, 0.15) is 18.1 Å². The normalized spacial score (nSPS) is 11.2. The van der Waals surface area contributed by atoms with Crippen LogP contribution in [0.4, 0.5) is 5.69 Å². The molecule has 0 bridgehead atoms. The highest BCUT2D eigenvalue weighted by Crippen LogP contribution is 2.29. The highest BCUT2D eigenvalue weighted by atomic mass is 32.2. The summed E-state index contributed by atoms with van der Waals surface area (Å²) in [6.07, 6.45) is 2.69. The molecule has 7 nitrogen and oxygen atoms in total. The van der Waals surface area contributed by atoms with E-state index in [9.17, 15) is 13.2 Å². The fourth-order valence-corrected chi connectivity index (χ4v) is 3.95. The Labute approximate surface area is 164 Å². The standard InChI is InChI=1S/C18H24N2O5S2/c1-3-24-17-9-5-4-8-16(17)20(27(2,22)23)13-18(21)19-10-12-26-14-15-7-6-11-25-15/h4-9,11H,3,10,12-14H2,1-2H3,(H,19,21). The molecule has 1 aromatic heterocycles. The van der Waals surface area contributed by atoms with E-state index in [1.165, 1.54) is 0 Å². The van der Waals surface area contributed by atoms with E-state index in [-0.39, 0.29) is 12.5 Å². The maximum absolute atomic E-state index is 12.2. The molecule has 2 aromatic rings. The molecule has 0 saturated carbocycles. The number of rotatable bonds is 11. The number of thioether (sulfide) groups is 1. The van der Waals surface area contributed by atoms with Crippen molar-refractivity contribution in [2.24, 2.45) is 0 Å². The van der Waals surface area contributed by atoms with Crippen LogP contribution in [-0.4, -0.2) is 46.0 Å². The zero-order chi connectivity index (χ0) is 19.7. The molecule has 9 heteroatoms. The van der Waals surface area contributed by atoms with Crippen molar-refractivity contribution in [3.63, 3.8) is 0 Å². The molecule has 148 valence electrons. The molecule has 0 saturated heterocycles. The van der Waals surface area contributed by atoms with Gasteiger partial charge in [0, 0.05) is 12.3 Å². The van der Waals surface area contributed by atoms with Gasteiger partial charge >= 0.3 is 0 Å². The maximum atomic E-state index is 12.2. The van der Waals surface area contributed by atoms with E-state index in [0.717, 1.165) is 22.1 Å². The van der Waals surface area contributed by atoms with Crippen LogP contribution in [0, 0.1) is 0 Å². The number of carbonyl (C=O) groups excluding carboxylic acids is 1. The lowest BCUT2D eigenvalue weighted by Crippen LogP contribution is -2.41. The van der Waals surface area contributed by atoms with Crippen LogP contribution in [-0.2, 0) is 20.6 Å². The zero-order valence-electron chi connectivity index (χ0n) is 15.4. The van der Waals surface area contributed by atoms with Crippen LogP contribution in [0.25, 0.3) is 0 Å². The molecule has 0 aliphatic heterocycles. The van der Waals surface area contributed by atoms with Crippen molar-refractivity contribution in [3.05, 3.63) is 48.4 Å². The maximum Gasteiger partial charge on any atom is 0.240 e. The topological polar surface area (TPSA) is 88.8 Å². The molecule has 0 atom stereocenters. The summed E-state index contributed by atoms with van der Waals surface area (Å²) in [5.74, 6) is 2.35. The lowest BCUT2D eigenvalue weighted by atomic mass is 10.3. The van der Waals surface area contributed by atoms with Crippen LogP contribution < -0.4 is 14.4 Å². The van der Waals surface area contributed by atoms with E-state index >= 15 is 0 Å². The van der Waals surface area contributed by atoms with Crippen molar-refractivity contribution >= 4 is 33.4 Å². The van der Waals surface area contributed by atoms with Crippen LogP contribution in [0.5, 0.6) is 5.75 Å². The van der Waals surface area contributed by atoms with Gasteiger partial charge in [0.25, 0.3) is 0 Å². The fraction of sp³-hybridized carbons (Fsp3) is 0.389. The van der Waals surface area contributed by atoms with Gasteiger partial charge < -0.3 is 14.5 Å². The van der Waals surface area contributed by atoms with E-state index in [1.54, 1.807) is 42.3 Å². The Morgan fingerprint density at radius 3 is 2.70 bits per heavy atom. The highest BCUT2D eigenvalue weighted by molar-refractivity contribution is 7.98. The van der Waals surface area contributed by atoms with Gasteiger partial charge in [-0.3, -0.25) is 9.10 Å². The lowest BCUT2D eigenvalue weighted by molar-refractivity contribution is -0.119. The van der Waals surface area contributed by atoms with Crippen LogP contribution in [0.2, 0.25) is 0 Å². The lowest BCUT2D eigenvalue weighted by Gasteiger charge is -2.24. The number of furan rings is 1. The summed E-state index contributed by atoms with van der Waals surface area (Å²) in [7, 11) is -3.64. The number of anilines is 1. The second-order valence-corrected chi connectivity index (χ2v) is 8.66. The molecule has 1 amide bonds. The molecule has 1 aromatic carbocycles. The molecule has 0 unspecified atom stereocenters. The number of nitrogens with one attached hydrogen (secondary N) is 1. The van der Waals surface area contributed by atoms with Gasteiger partial charge in [0.15, 0.2) is 0 Å². The highest BCUT2D eigenvalue weighted by Gasteiger charge is 2.23. The van der Waals surface area contributed by atoms with Crippen molar-refractivity contribution in [2.45, 2.75) is 12.7 Å². The Balaban J connectivity index is 1.91. The number of amides is 1. The first-order valence-electron chi connectivity index (χ1n) is 8.48. The van der Waals surface area contributed by atoms with Gasteiger partial charge in [0.05, 0.1) is 30.6 Å². The molecular weight excluding hydrogens is 388 g/mol. The van der Waals surface area contributed by atoms with Crippen molar-refractivity contribution in [1.82, 2.24) is 5.32 Å². The molecule has 0 spiro atoms. The van der Waals surface area contributed by atoms with E-state index in [2.05, 4.69) is 5.32 Å². The smallest absolute Gasteiger partial charge is 0.240 e. The minimum Gasteiger partial charge on any atom is -0.492 e. The van der Waals surface area contributed by atoms with Gasteiger partial charge in [-0.05, 0) is 31.2 Å². The quantitative estimate of drug-likeness (QED) is 0.571. The minimum atomic E-state index is -3.64. The van der Waals surface area contributed by atoms with Gasteiger partial charge in [0.2, 0.25) is 15.9 Å². The summed E-state index contributed by atoms with van der Waals surface area (Å²) in [5.41, 5.74) is 0.351. The summed E-state index contributed by atoms with van der Waals surface area (Å²) in [6.45, 7) is 2.35. The van der Waals surface area contributed by atoms with Crippen molar-refractivity contribution in [3.8, 4) is 5.75 Å². The number of ether oxygens (including phenoxy) is 1. The first-order chi connectivity index (χ1) is 12.9. The second kappa shape index (κ2) is 10.3. The Kier molecular flexibility index (Phi) is 8.05. The molecular formula is C18H24N2O5S2. The summed E-state index contributed by atoms with van der Waals surface area (Å²) >= 11 is 1.62. The third kappa shape index (κ3) is 6.84. The number of carbonyl (C=O) groups is 1. The third-order valence-corrected chi connectivity index (χ3v) is 5.62. The van der Waals surface area contributed by atoms with Crippen LogP contribution in [0.15, 0.2) is 47.1 Å². The Bertz CT molecular complexity index is 822. The zero-order valence-corrected chi connectivity index (χ0v) is 17.0. The largest absolute Gasteiger partial charge is 0.492 e. The van der Waals surface area contributed by atoms with Crippen LogP contribution >= 0.6 is 11.8 Å². The first kappa shape index (κ1) is 21.2. The Morgan fingerprint density at radius 2 is 2.04 bits per heavy atom. The van der Waals surface area contributed by atoms with Crippen LogP contribution in [0.3, 0.4) is 0 Å². The molecule has 0 fully saturated rings. The summed E-state index contributed by atoms with van der Waals surface area (Å²) in [5, 5.41) is 2.75. The predicted octanol–water partition coefficient (Wildman–Crippen LogP) is 2.49. The predicted molar refractivity (Wildman–Crippen MR) is 108 cm³/mol. The number of hydrogen-bond acceptors (Lipinski definition) is 6.